The normalized spacial score (nSPS) is 11.3. The molecule has 0 saturated heterocycles. The summed E-state index contributed by atoms with van der Waals surface area (Å²) in [7, 11) is 0. The molecule has 0 bridgehead atoms. The van der Waals surface area contributed by atoms with E-state index in [0.717, 1.165) is 35.4 Å². The lowest BCUT2D eigenvalue weighted by molar-refractivity contribution is 0.0981. The molecule has 206 valence electrons. The van der Waals surface area contributed by atoms with Gasteiger partial charge < -0.3 is 9.40 Å². The Balaban J connectivity index is 1.51. The second-order valence-electron chi connectivity index (χ2n) is 10.4. The first-order valence-electron chi connectivity index (χ1n) is 13.9. The number of hydrogen-bond donors (Lipinski definition) is 0. The lowest BCUT2D eigenvalue weighted by Crippen LogP contribution is -2.12. The molecule has 3 aromatic carbocycles. The van der Waals surface area contributed by atoms with Gasteiger partial charge in [-0.05, 0) is 72.2 Å². The Morgan fingerprint density at radius 3 is 2.35 bits per heavy atom. The highest BCUT2D eigenvalue weighted by atomic mass is 16.6. The van der Waals surface area contributed by atoms with Gasteiger partial charge in [-0.1, -0.05) is 91.3 Å². The summed E-state index contributed by atoms with van der Waals surface area (Å²) < 4.78 is 2.17. The van der Waals surface area contributed by atoms with Gasteiger partial charge in [0, 0.05) is 24.2 Å². The average Bonchev–Trinajstić information content (AvgIpc) is 3.32. The first kappa shape index (κ1) is 28.7. The van der Waals surface area contributed by atoms with Crippen LogP contribution in [0, 0.1) is 11.8 Å². The molecule has 0 fully saturated rings. The number of nitrogens with zero attached hydrogens (tertiary/aromatic N) is 3. The van der Waals surface area contributed by atoms with Gasteiger partial charge in [0.05, 0.1) is 11.9 Å². The highest BCUT2D eigenvalue weighted by Gasteiger charge is 2.22. The summed E-state index contributed by atoms with van der Waals surface area (Å²) in [5.41, 5.74) is 7.51. The number of ketones is 1. The highest BCUT2D eigenvalue weighted by Crippen LogP contribution is 2.27. The van der Waals surface area contributed by atoms with Crippen molar-refractivity contribution in [2.75, 3.05) is 6.61 Å². The van der Waals surface area contributed by atoms with Crippen molar-refractivity contribution in [3.8, 4) is 0 Å². The summed E-state index contributed by atoms with van der Waals surface area (Å²) in [6.07, 6.45) is 4.40. The molecule has 6 nitrogen and oxygen atoms in total. The summed E-state index contributed by atoms with van der Waals surface area (Å²) in [6.45, 7) is 7.46. The molecule has 0 N–H and O–H groups in total. The minimum atomic E-state index is 0.0636. The van der Waals surface area contributed by atoms with Gasteiger partial charge in [0.25, 0.3) is 0 Å². The van der Waals surface area contributed by atoms with E-state index in [1.54, 1.807) is 24.4 Å². The fourth-order valence-corrected chi connectivity index (χ4v) is 4.99. The molecule has 6 heteroatoms. The van der Waals surface area contributed by atoms with Crippen LogP contribution in [-0.4, -0.2) is 23.2 Å². The van der Waals surface area contributed by atoms with Gasteiger partial charge in [0.2, 0.25) is 0 Å². The van der Waals surface area contributed by atoms with Gasteiger partial charge in [-0.15, -0.1) is 4.91 Å². The van der Waals surface area contributed by atoms with E-state index in [2.05, 4.69) is 72.1 Å². The van der Waals surface area contributed by atoms with Gasteiger partial charge in [0.15, 0.2) is 5.78 Å². The van der Waals surface area contributed by atoms with E-state index in [1.165, 1.54) is 11.1 Å². The summed E-state index contributed by atoms with van der Waals surface area (Å²) in [6, 6.07) is 27.8. The summed E-state index contributed by atoms with van der Waals surface area (Å²) in [5, 5.41) is 7.29. The van der Waals surface area contributed by atoms with Crippen LogP contribution >= 0.6 is 0 Å². The molecule has 0 unspecified atom stereocenters. The number of rotatable bonds is 14. The molecule has 0 saturated carbocycles. The van der Waals surface area contributed by atoms with Gasteiger partial charge >= 0.3 is 0 Å². The van der Waals surface area contributed by atoms with Crippen molar-refractivity contribution in [3.63, 3.8) is 0 Å². The predicted molar refractivity (Wildman–Crippen MR) is 162 cm³/mol. The fraction of sp³-hybridized carbons (Fsp3) is 0.294. The molecule has 0 aliphatic rings. The van der Waals surface area contributed by atoms with Crippen LogP contribution in [0.15, 0.2) is 95.3 Å². The van der Waals surface area contributed by atoms with Gasteiger partial charge in [-0.2, -0.15) is 0 Å². The van der Waals surface area contributed by atoms with Crippen LogP contribution in [0.5, 0.6) is 0 Å². The third-order valence-electron chi connectivity index (χ3n) is 6.90. The largest absolute Gasteiger partial charge is 0.396 e. The van der Waals surface area contributed by atoms with Crippen molar-refractivity contribution in [2.24, 2.45) is 10.3 Å². The molecular weight excluding hydrogens is 498 g/mol. The van der Waals surface area contributed by atoms with E-state index in [1.807, 2.05) is 30.3 Å². The maximum Gasteiger partial charge on any atom is 0.165 e. The summed E-state index contributed by atoms with van der Waals surface area (Å²) in [4.78, 5) is 30.1. The zero-order valence-electron chi connectivity index (χ0n) is 23.5. The second kappa shape index (κ2) is 14.2. The standard InChI is InChI=1S/C34H37N3O3/c1-25(2)34-32(33(38)18-17-28-14-8-16-30(21-28)36-39)22-31(37(34)24-29-11-5-4-6-12-29)23-35-40-19-9-15-27-13-7-10-26(3)20-27/h4-8,10-14,16,20-23,25H,9,15,17-19,24H2,1-3H3/b35-23+. The molecule has 0 atom stereocenters. The molecule has 0 aliphatic carbocycles. The maximum atomic E-state index is 13.5. The van der Waals surface area contributed by atoms with Crippen molar-refractivity contribution in [1.82, 2.24) is 4.57 Å². The van der Waals surface area contributed by atoms with Crippen molar-refractivity contribution < 1.29 is 9.63 Å². The average molecular weight is 536 g/mol. The monoisotopic (exact) mass is 535 g/mol. The topological polar surface area (TPSA) is 73.0 Å². The van der Waals surface area contributed by atoms with Gasteiger partial charge in [-0.25, -0.2) is 0 Å². The van der Waals surface area contributed by atoms with Crippen LogP contribution in [0.3, 0.4) is 0 Å². The SMILES string of the molecule is Cc1cccc(CCCO/N=C/c2cc(C(=O)CCc3cccc(N=O)c3)c(C(C)C)n2Cc2ccccc2)c1. The molecule has 1 aromatic heterocycles. The van der Waals surface area contributed by atoms with E-state index in [-0.39, 0.29) is 11.7 Å². The minimum absolute atomic E-state index is 0.0636. The molecule has 0 aliphatic heterocycles. The Kier molecular flexibility index (Phi) is 10.2. The van der Waals surface area contributed by atoms with Crippen molar-refractivity contribution in [1.29, 1.82) is 0 Å². The van der Waals surface area contributed by atoms with Gasteiger partial charge in [0.1, 0.15) is 12.3 Å². The Morgan fingerprint density at radius 2 is 1.62 bits per heavy atom. The minimum Gasteiger partial charge on any atom is -0.396 e. The molecule has 0 spiro atoms. The maximum absolute atomic E-state index is 13.5. The highest BCUT2D eigenvalue weighted by molar-refractivity contribution is 5.99. The van der Waals surface area contributed by atoms with E-state index < -0.39 is 0 Å². The third kappa shape index (κ3) is 7.85. The Bertz CT molecular complexity index is 1450. The summed E-state index contributed by atoms with van der Waals surface area (Å²) >= 11 is 0. The van der Waals surface area contributed by atoms with Crippen molar-refractivity contribution in [3.05, 3.63) is 129 Å². The molecular formula is C34H37N3O3. The number of oxime groups is 1. The van der Waals surface area contributed by atoms with Crippen LogP contribution in [0.1, 0.15) is 76.6 Å². The number of aromatic nitrogens is 1. The third-order valence-corrected chi connectivity index (χ3v) is 6.90. The van der Waals surface area contributed by atoms with Crippen LogP contribution in [0.25, 0.3) is 0 Å². The van der Waals surface area contributed by atoms with E-state index >= 15 is 0 Å². The van der Waals surface area contributed by atoms with Crippen molar-refractivity contribution in [2.45, 2.75) is 58.9 Å². The number of hydrogen-bond acceptors (Lipinski definition) is 5. The predicted octanol–water partition coefficient (Wildman–Crippen LogP) is 8.16. The quantitative estimate of drug-likeness (QED) is 0.0537. The smallest absolute Gasteiger partial charge is 0.165 e. The second-order valence-corrected chi connectivity index (χ2v) is 10.4. The number of nitroso groups, excluding NO2 is 1. The Hall–Kier alpha value is -4.32. The zero-order valence-corrected chi connectivity index (χ0v) is 23.5. The molecule has 40 heavy (non-hydrogen) atoms. The lowest BCUT2D eigenvalue weighted by atomic mass is 9.98. The number of carbonyl (C=O) groups excluding carboxylic acids is 1. The van der Waals surface area contributed by atoms with E-state index in [0.29, 0.717) is 37.2 Å². The molecule has 4 rings (SSSR count). The van der Waals surface area contributed by atoms with Crippen LogP contribution in [-0.2, 0) is 24.2 Å². The Morgan fingerprint density at radius 1 is 0.900 bits per heavy atom. The lowest BCUT2D eigenvalue weighted by Gasteiger charge is -2.16. The summed E-state index contributed by atoms with van der Waals surface area (Å²) in [5.74, 6) is 0.191. The fourth-order valence-electron chi connectivity index (χ4n) is 4.99. The first-order valence-corrected chi connectivity index (χ1v) is 13.9. The Labute approximate surface area is 236 Å². The number of aryl methyl sites for hydroxylation is 3. The van der Waals surface area contributed by atoms with E-state index in [4.69, 9.17) is 4.84 Å². The first-order chi connectivity index (χ1) is 19.4. The van der Waals surface area contributed by atoms with Crippen molar-refractivity contribution >= 4 is 17.7 Å². The number of carbonyl (C=O) groups is 1. The van der Waals surface area contributed by atoms with E-state index in [9.17, 15) is 9.70 Å². The number of Topliss-reactive ketones (excluding diaryl/α,β-unsaturated/α-hetero) is 1. The molecule has 0 radical (unpaired) electrons. The van der Waals surface area contributed by atoms with Crippen LogP contribution in [0.2, 0.25) is 0 Å². The molecule has 0 amide bonds. The number of benzene rings is 3. The molecule has 4 aromatic rings. The van der Waals surface area contributed by atoms with Crippen LogP contribution < -0.4 is 0 Å². The van der Waals surface area contributed by atoms with Gasteiger partial charge in [-0.3, -0.25) is 4.79 Å². The zero-order chi connectivity index (χ0) is 28.3. The van der Waals surface area contributed by atoms with Crippen LogP contribution in [0.4, 0.5) is 5.69 Å². The molecule has 1 heterocycles.